The first kappa shape index (κ1) is 12.6. The molecule has 16 heavy (non-hydrogen) atoms. The largest absolute Gasteiger partial charge is 0.505 e. The van der Waals surface area contributed by atoms with Gasteiger partial charge in [-0.2, -0.15) is 4.39 Å². The molecule has 0 fully saturated rings. The molecule has 0 bridgehead atoms. The Morgan fingerprint density at radius 3 is 2.44 bits per heavy atom. The molecule has 2 N–H and O–H groups in total. The van der Waals surface area contributed by atoms with Crippen molar-refractivity contribution >= 4 is 0 Å². The predicted octanol–water partition coefficient (Wildman–Crippen LogP) is 1.64. The average Bonchev–Trinajstić information content (AvgIpc) is 2.31. The van der Waals surface area contributed by atoms with Crippen LogP contribution in [0, 0.1) is 5.82 Å². The van der Waals surface area contributed by atoms with E-state index in [1.807, 2.05) is 0 Å². The van der Waals surface area contributed by atoms with Crippen molar-refractivity contribution in [1.29, 1.82) is 0 Å². The fourth-order valence-electron chi connectivity index (χ4n) is 1.43. The van der Waals surface area contributed by atoms with Crippen LogP contribution in [0.3, 0.4) is 0 Å². The number of rotatable bonds is 4. The normalized spacial score (nSPS) is 12.3. The van der Waals surface area contributed by atoms with Crippen molar-refractivity contribution in [2.75, 3.05) is 20.8 Å². The van der Waals surface area contributed by atoms with Crippen LogP contribution in [-0.2, 0) is 0 Å². The van der Waals surface area contributed by atoms with Crippen LogP contribution < -0.4 is 9.47 Å². The number of methoxy groups -OCH3 is 2. The van der Waals surface area contributed by atoms with Gasteiger partial charge >= 0.3 is 0 Å². The maximum atomic E-state index is 13.7. The van der Waals surface area contributed by atoms with Crippen LogP contribution in [0.5, 0.6) is 17.2 Å². The van der Waals surface area contributed by atoms with Gasteiger partial charge in [0.15, 0.2) is 11.5 Å². The van der Waals surface area contributed by atoms with E-state index in [0.29, 0.717) is 0 Å². The molecule has 0 aliphatic rings. The van der Waals surface area contributed by atoms with Gasteiger partial charge in [-0.3, -0.25) is 0 Å². The molecule has 4 nitrogen and oxygen atoms in total. The summed E-state index contributed by atoms with van der Waals surface area (Å²) >= 11 is 0. The molecule has 1 rings (SSSR count). The zero-order valence-electron chi connectivity index (χ0n) is 9.45. The van der Waals surface area contributed by atoms with E-state index in [2.05, 4.69) is 0 Å². The molecule has 0 saturated carbocycles. The summed E-state index contributed by atoms with van der Waals surface area (Å²) in [5.74, 6) is -1.73. The predicted molar refractivity (Wildman–Crippen MR) is 56.7 cm³/mol. The smallest absolute Gasteiger partial charge is 0.210 e. The summed E-state index contributed by atoms with van der Waals surface area (Å²) in [6.07, 6.45) is 0. The first-order valence-electron chi connectivity index (χ1n) is 4.81. The number of phenolic OH excluding ortho intramolecular Hbond substituents is 1. The van der Waals surface area contributed by atoms with Gasteiger partial charge < -0.3 is 19.7 Å². The van der Waals surface area contributed by atoms with Crippen molar-refractivity contribution < 1.29 is 24.1 Å². The Morgan fingerprint density at radius 1 is 1.38 bits per heavy atom. The summed E-state index contributed by atoms with van der Waals surface area (Å²) in [6, 6.07) is 1.46. The lowest BCUT2D eigenvalue weighted by atomic mass is 10.00. The van der Waals surface area contributed by atoms with Crippen LogP contribution in [0.4, 0.5) is 4.39 Å². The minimum absolute atomic E-state index is 0.145. The molecule has 1 unspecified atom stereocenters. The third-order valence-electron chi connectivity index (χ3n) is 2.42. The third-order valence-corrected chi connectivity index (χ3v) is 2.42. The van der Waals surface area contributed by atoms with Crippen LogP contribution in [0.15, 0.2) is 6.07 Å². The number of benzene rings is 1. The van der Waals surface area contributed by atoms with Gasteiger partial charge in [0.2, 0.25) is 11.6 Å². The number of hydrogen-bond donors (Lipinski definition) is 2. The molecule has 1 atom stereocenters. The summed E-state index contributed by atoms with van der Waals surface area (Å²) in [6.45, 7) is 1.48. The zero-order chi connectivity index (χ0) is 12.3. The first-order chi connectivity index (χ1) is 7.56. The lowest BCUT2D eigenvalue weighted by Crippen LogP contribution is -2.03. The van der Waals surface area contributed by atoms with Gasteiger partial charge in [0.25, 0.3) is 0 Å². The second-order valence-electron chi connectivity index (χ2n) is 3.45. The second-order valence-corrected chi connectivity index (χ2v) is 3.45. The van der Waals surface area contributed by atoms with Crippen LogP contribution in [0.1, 0.15) is 18.4 Å². The number of halogens is 1. The Balaban J connectivity index is 3.38. The molecular formula is C11H15FO4. The van der Waals surface area contributed by atoms with E-state index in [4.69, 9.17) is 14.6 Å². The SMILES string of the molecule is COc1cc(C(C)CO)c(O)c(F)c1OC. The summed E-state index contributed by atoms with van der Waals surface area (Å²) in [5.41, 5.74) is 0.289. The Hall–Kier alpha value is -1.49. The van der Waals surface area contributed by atoms with Gasteiger partial charge in [0.05, 0.1) is 14.2 Å². The second kappa shape index (κ2) is 5.03. The highest BCUT2D eigenvalue weighted by Crippen LogP contribution is 2.40. The van der Waals surface area contributed by atoms with Gasteiger partial charge in [0, 0.05) is 18.1 Å². The Kier molecular flexibility index (Phi) is 3.95. The fraction of sp³-hybridized carbons (Fsp3) is 0.455. The highest BCUT2D eigenvalue weighted by molar-refractivity contribution is 5.52. The molecule has 0 saturated heterocycles. The molecule has 0 radical (unpaired) electrons. The maximum absolute atomic E-state index is 13.7. The molecule has 0 aromatic heterocycles. The number of aliphatic hydroxyl groups excluding tert-OH is 1. The van der Waals surface area contributed by atoms with Crippen LogP contribution in [0.25, 0.3) is 0 Å². The molecule has 0 aliphatic carbocycles. The highest BCUT2D eigenvalue weighted by atomic mass is 19.1. The van der Waals surface area contributed by atoms with Gasteiger partial charge in [-0.25, -0.2) is 0 Å². The molecule has 0 amide bonds. The van der Waals surface area contributed by atoms with Crippen molar-refractivity contribution in [3.05, 3.63) is 17.4 Å². The van der Waals surface area contributed by atoms with Crippen LogP contribution >= 0.6 is 0 Å². The van der Waals surface area contributed by atoms with Crippen molar-refractivity contribution in [2.24, 2.45) is 0 Å². The molecule has 5 heteroatoms. The molecule has 0 heterocycles. The molecule has 1 aromatic carbocycles. The van der Waals surface area contributed by atoms with E-state index in [1.54, 1.807) is 6.92 Å². The van der Waals surface area contributed by atoms with Crippen molar-refractivity contribution in [2.45, 2.75) is 12.8 Å². The Labute approximate surface area is 93.2 Å². The van der Waals surface area contributed by atoms with E-state index in [9.17, 15) is 9.50 Å². The Bertz CT molecular complexity index is 379. The molecular weight excluding hydrogens is 215 g/mol. The van der Waals surface area contributed by atoms with Crippen molar-refractivity contribution in [3.8, 4) is 17.2 Å². The molecule has 90 valence electrons. The summed E-state index contributed by atoms with van der Waals surface area (Å²) in [5, 5.41) is 18.6. The lowest BCUT2D eigenvalue weighted by Gasteiger charge is -2.16. The number of hydrogen-bond acceptors (Lipinski definition) is 4. The minimum atomic E-state index is -0.878. The van der Waals surface area contributed by atoms with Gasteiger partial charge in [-0.05, 0) is 6.07 Å². The number of aromatic hydroxyl groups is 1. The van der Waals surface area contributed by atoms with E-state index in [0.717, 1.165) is 0 Å². The summed E-state index contributed by atoms with van der Waals surface area (Å²) in [4.78, 5) is 0. The lowest BCUT2D eigenvalue weighted by molar-refractivity contribution is 0.267. The van der Waals surface area contributed by atoms with Gasteiger partial charge in [-0.1, -0.05) is 6.92 Å². The van der Waals surface area contributed by atoms with Crippen LogP contribution in [-0.4, -0.2) is 31.0 Å². The van der Waals surface area contributed by atoms with E-state index < -0.39 is 11.6 Å². The topological polar surface area (TPSA) is 58.9 Å². The first-order valence-corrected chi connectivity index (χ1v) is 4.81. The fourth-order valence-corrected chi connectivity index (χ4v) is 1.43. The van der Waals surface area contributed by atoms with Crippen LogP contribution in [0.2, 0.25) is 0 Å². The third kappa shape index (κ3) is 2.04. The van der Waals surface area contributed by atoms with Crippen molar-refractivity contribution in [1.82, 2.24) is 0 Å². The summed E-state index contributed by atoms with van der Waals surface area (Å²) in [7, 11) is 2.66. The number of phenols is 1. The van der Waals surface area contributed by atoms with Gasteiger partial charge in [-0.15, -0.1) is 0 Å². The van der Waals surface area contributed by atoms with E-state index in [-0.39, 0.29) is 29.6 Å². The quantitative estimate of drug-likeness (QED) is 0.825. The molecule has 0 aliphatic heterocycles. The number of ether oxygens (including phenoxy) is 2. The highest BCUT2D eigenvalue weighted by Gasteiger charge is 2.21. The van der Waals surface area contributed by atoms with Crippen molar-refractivity contribution in [3.63, 3.8) is 0 Å². The monoisotopic (exact) mass is 230 g/mol. The standard InChI is InChI=1S/C11H15FO4/c1-6(5-13)7-4-8(15-2)11(16-3)9(12)10(7)14/h4,6,13-14H,5H2,1-3H3. The molecule has 0 spiro atoms. The molecule has 1 aromatic rings. The zero-order valence-corrected chi connectivity index (χ0v) is 9.45. The van der Waals surface area contributed by atoms with E-state index in [1.165, 1.54) is 20.3 Å². The average molecular weight is 230 g/mol. The maximum Gasteiger partial charge on any atom is 0.210 e. The van der Waals surface area contributed by atoms with Gasteiger partial charge in [0.1, 0.15) is 0 Å². The number of aliphatic hydroxyl groups is 1. The summed E-state index contributed by atoms with van der Waals surface area (Å²) < 4.78 is 23.4. The Morgan fingerprint density at radius 2 is 2.00 bits per heavy atom. The van der Waals surface area contributed by atoms with E-state index >= 15 is 0 Å². The minimum Gasteiger partial charge on any atom is -0.505 e.